The van der Waals surface area contributed by atoms with E-state index in [1.807, 2.05) is 0 Å². The lowest BCUT2D eigenvalue weighted by Crippen LogP contribution is -2.32. The van der Waals surface area contributed by atoms with Crippen LogP contribution in [0.5, 0.6) is 5.75 Å². The van der Waals surface area contributed by atoms with Gasteiger partial charge >= 0.3 is 6.11 Å². The molecule has 1 aromatic carbocycles. The average molecular weight is 268 g/mol. The smallest absolute Gasteiger partial charge is 0.429 e. The lowest BCUT2D eigenvalue weighted by atomic mass is 10.1. The Balaban J connectivity index is 2.71. The molecule has 0 heterocycles. The maximum atomic E-state index is 12.9. The third-order valence-corrected chi connectivity index (χ3v) is 2.33. The van der Waals surface area contributed by atoms with E-state index in [2.05, 4.69) is 16.3 Å². The Morgan fingerprint density at radius 3 is 2.71 bits per heavy atom. The molecule has 0 aliphatic heterocycles. The minimum Gasteiger partial charge on any atom is -0.429 e. The molecule has 0 amide bonds. The molecule has 96 valence electrons. The molecule has 1 aromatic rings. The van der Waals surface area contributed by atoms with E-state index in [1.54, 1.807) is 12.1 Å². The Morgan fingerprint density at radius 2 is 2.12 bits per heavy atom. The molecular formula is C11H13ClF3NO. The van der Waals surface area contributed by atoms with E-state index in [9.17, 15) is 13.2 Å². The number of hydrogen-bond acceptors (Lipinski definition) is 2. The van der Waals surface area contributed by atoms with E-state index in [0.29, 0.717) is 13.0 Å². The van der Waals surface area contributed by atoms with Crippen LogP contribution in [0.15, 0.2) is 24.3 Å². The topological polar surface area (TPSA) is 35.2 Å². The predicted molar refractivity (Wildman–Crippen MR) is 60.1 cm³/mol. The van der Waals surface area contributed by atoms with Crippen LogP contribution in [-0.4, -0.2) is 18.3 Å². The molecule has 2 N–H and O–H groups in total. The van der Waals surface area contributed by atoms with Gasteiger partial charge in [0.05, 0.1) is 0 Å². The van der Waals surface area contributed by atoms with Crippen molar-refractivity contribution in [3.63, 3.8) is 0 Å². The Bertz CT molecular complexity index is 360. The Labute approximate surface area is 103 Å². The summed E-state index contributed by atoms with van der Waals surface area (Å²) < 4.78 is 42.3. The van der Waals surface area contributed by atoms with Crippen LogP contribution >= 0.6 is 11.6 Å². The Kier molecular flexibility index (Phi) is 5.08. The molecule has 2 nitrogen and oxygen atoms in total. The third-order valence-electron chi connectivity index (χ3n) is 2.08. The summed E-state index contributed by atoms with van der Waals surface area (Å²) >= 11 is 4.68. The summed E-state index contributed by atoms with van der Waals surface area (Å²) in [4.78, 5) is 0. The molecule has 0 aromatic heterocycles. The SMILES string of the molecule is NCCCc1cccc(OC(F)(F)C(F)Cl)c1. The van der Waals surface area contributed by atoms with Gasteiger partial charge in [-0.15, -0.1) is 0 Å². The first-order valence-electron chi connectivity index (χ1n) is 5.09. The van der Waals surface area contributed by atoms with Crippen molar-refractivity contribution in [2.45, 2.75) is 24.6 Å². The van der Waals surface area contributed by atoms with E-state index in [0.717, 1.165) is 12.0 Å². The highest BCUT2D eigenvalue weighted by molar-refractivity contribution is 6.20. The molecule has 0 aliphatic carbocycles. The predicted octanol–water partition coefficient (Wildman–Crippen LogP) is 3.08. The normalized spacial score (nSPS) is 13.5. The lowest BCUT2D eigenvalue weighted by Gasteiger charge is -2.18. The van der Waals surface area contributed by atoms with Gasteiger partial charge in [-0.3, -0.25) is 0 Å². The van der Waals surface area contributed by atoms with Crippen LogP contribution in [0.2, 0.25) is 0 Å². The minimum atomic E-state index is -4.03. The third kappa shape index (κ3) is 4.44. The molecule has 1 unspecified atom stereocenters. The number of ether oxygens (including phenoxy) is 1. The van der Waals surface area contributed by atoms with Crippen molar-refractivity contribution in [2.24, 2.45) is 5.73 Å². The van der Waals surface area contributed by atoms with Gasteiger partial charge in [-0.2, -0.15) is 8.78 Å². The van der Waals surface area contributed by atoms with E-state index in [4.69, 9.17) is 5.73 Å². The zero-order chi connectivity index (χ0) is 12.9. The molecular weight excluding hydrogens is 255 g/mol. The summed E-state index contributed by atoms with van der Waals surface area (Å²) in [5.41, 5.74) is 3.26. The zero-order valence-electron chi connectivity index (χ0n) is 9.01. The minimum absolute atomic E-state index is 0.118. The van der Waals surface area contributed by atoms with Crippen molar-refractivity contribution in [3.8, 4) is 5.75 Å². The van der Waals surface area contributed by atoms with Gasteiger partial charge in [0.15, 0.2) is 0 Å². The Hall–Kier alpha value is -0.940. The van der Waals surface area contributed by atoms with Crippen LogP contribution in [-0.2, 0) is 6.42 Å². The highest BCUT2D eigenvalue weighted by atomic mass is 35.5. The number of aryl methyl sites for hydroxylation is 1. The van der Waals surface area contributed by atoms with Crippen LogP contribution in [0.25, 0.3) is 0 Å². The molecule has 17 heavy (non-hydrogen) atoms. The van der Waals surface area contributed by atoms with Crippen molar-refractivity contribution >= 4 is 11.6 Å². The molecule has 1 atom stereocenters. The number of benzene rings is 1. The first kappa shape index (κ1) is 14.1. The van der Waals surface area contributed by atoms with Gasteiger partial charge in [-0.25, -0.2) is 4.39 Å². The Morgan fingerprint density at radius 1 is 1.41 bits per heavy atom. The average Bonchev–Trinajstić information content (AvgIpc) is 2.26. The molecule has 0 saturated carbocycles. The molecule has 0 saturated heterocycles. The van der Waals surface area contributed by atoms with Gasteiger partial charge in [0.25, 0.3) is 5.63 Å². The van der Waals surface area contributed by atoms with Crippen LogP contribution in [0, 0.1) is 0 Å². The number of halogens is 4. The van der Waals surface area contributed by atoms with E-state index in [-0.39, 0.29) is 5.75 Å². The van der Waals surface area contributed by atoms with E-state index < -0.39 is 11.7 Å². The maximum absolute atomic E-state index is 12.9. The molecule has 0 spiro atoms. The monoisotopic (exact) mass is 267 g/mol. The molecule has 1 rings (SSSR count). The number of alkyl halides is 4. The van der Waals surface area contributed by atoms with Gasteiger partial charge in [0.2, 0.25) is 0 Å². The van der Waals surface area contributed by atoms with Gasteiger partial charge in [0.1, 0.15) is 5.75 Å². The van der Waals surface area contributed by atoms with Crippen molar-refractivity contribution < 1.29 is 17.9 Å². The van der Waals surface area contributed by atoms with Crippen LogP contribution < -0.4 is 10.5 Å². The fourth-order valence-corrected chi connectivity index (χ4v) is 1.32. The summed E-state index contributed by atoms with van der Waals surface area (Å²) in [6.07, 6.45) is -2.64. The number of hydrogen-bond donors (Lipinski definition) is 1. The molecule has 6 heteroatoms. The first-order valence-corrected chi connectivity index (χ1v) is 5.53. The van der Waals surface area contributed by atoms with Gasteiger partial charge in [-0.1, -0.05) is 23.7 Å². The quantitative estimate of drug-likeness (QED) is 0.804. The first-order chi connectivity index (χ1) is 7.95. The van der Waals surface area contributed by atoms with Gasteiger partial charge in [0, 0.05) is 0 Å². The highest BCUT2D eigenvalue weighted by Gasteiger charge is 2.42. The maximum Gasteiger partial charge on any atom is 0.444 e. The van der Waals surface area contributed by atoms with E-state index >= 15 is 0 Å². The van der Waals surface area contributed by atoms with E-state index in [1.165, 1.54) is 12.1 Å². The van der Waals surface area contributed by atoms with Crippen molar-refractivity contribution in [1.82, 2.24) is 0 Å². The van der Waals surface area contributed by atoms with Gasteiger partial charge < -0.3 is 10.5 Å². The molecule has 0 aliphatic rings. The zero-order valence-corrected chi connectivity index (χ0v) is 9.76. The fraction of sp³-hybridized carbons (Fsp3) is 0.455. The van der Waals surface area contributed by atoms with Crippen LogP contribution in [0.3, 0.4) is 0 Å². The summed E-state index contributed by atoms with van der Waals surface area (Å²) in [5, 5.41) is 0. The second-order valence-electron chi connectivity index (χ2n) is 3.50. The highest BCUT2D eigenvalue weighted by Crippen LogP contribution is 2.29. The van der Waals surface area contributed by atoms with Crippen molar-refractivity contribution in [2.75, 3.05) is 6.54 Å². The number of rotatable bonds is 6. The fourth-order valence-electron chi connectivity index (χ4n) is 1.27. The molecule has 0 bridgehead atoms. The summed E-state index contributed by atoms with van der Waals surface area (Å²) in [6.45, 7) is 0.509. The summed E-state index contributed by atoms with van der Waals surface area (Å²) in [7, 11) is 0. The standard InChI is InChI=1S/C11H13ClF3NO/c12-10(13)11(14,15)17-9-5-1-3-8(7-9)4-2-6-16/h1,3,5,7,10H,2,4,6,16H2. The van der Waals surface area contributed by atoms with Crippen molar-refractivity contribution in [1.29, 1.82) is 0 Å². The summed E-state index contributed by atoms with van der Waals surface area (Å²) in [5.74, 6) is -0.118. The summed E-state index contributed by atoms with van der Waals surface area (Å²) in [6, 6.07) is 6.05. The van der Waals surface area contributed by atoms with Gasteiger partial charge in [-0.05, 0) is 37.1 Å². The second-order valence-corrected chi connectivity index (χ2v) is 3.89. The second kappa shape index (κ2) is 6.12. The van der Waals surface area contributed by atoms with Crippen LogP contribution in [0.4, 0.5) is 13.2 Å². The van der Waals surface area contributed by atoms with Crippen LogP contribution in [0.1, 0.15) is 12.0 Å². The number of nitrogens with two attached hydrogens (primary N) is 1. The lowest BCUT2D eigenvalue weighted by molar-refractivity contribution is -0.199. The molecule has 0 radical (unpaired) electrons. The molecule has 0 fully saturated rings. The largest absolute Gasteiger partial charge is 0.444 e. The van der Waals surface area contributed by atoms with Crippen molar-refractivity contribution in [3.05, 3.63) is 29.8 Å².